The highest BCUT2D eigenvalue weighted by Crippen LogP contribution is 2.38. The van der Waals surface area contributed by atoms with Crippen LogP contribution in [0.15, 0.2) is 77.8 Å². The second-order valence-corrected chi connectivity index (χ2v) is 8.53. The van der Waals surface area contributed by atoms with Gasteiger partial charge in [-0.15, -0.1) is 4.99 Å². The lowest BCUT2D eigenvalue weighted by molar-refractivity contribution is -0.137. The largest absolute Gasteiger partial charge is 0.457 e. The fourth-order valence-electron chi connectivity index (χ4n) is 4.07. The average Bonchev–Trinajstić information content (AvgIpc) is 3.22. The SMILES string of the molecule is N#CN=C1N(CCCO)CC(c2cccc(C(F)(F)F)c2)N1c1ccc(Oc2ccc(Cl)cc2)cc1. The predicted molar refractivity (Wildman–Crippen MR) is 131 cm³/mol. The maximum absolute atomic E-state index is 13.4. The third kappa shape index (κ3) is 5.73. The molecule has 0 aromatic heterocycles. The van der Waals surface area contributed by atoms with E-state index in [9.17, 15) is 23.5 Å². The van der Waals surface area contributed by atoms with Crippen molar-refractivity contribution < 1.29 is 23.0 Å². The molecule has 0 saturated carbocycles. The van der Waals surface area contributed by atoms with Gasteiger partial charge in [0.05, 0.1) is 11.6 Å². The molecule has 1 aliphatic heterocycles. The van der Waals surface area contributed by atoms with Gasteiger partial charge in [0.15, 0.2) is 0 Å². The number of guanidine groups is 1. The van der Waals surface area contributed by atoms with E-state index in [1.54, 1.807) is 70.6 Å². The monoisotopic (exact) mass is 514 g/mol. The molecule has 1 heterocycles. The van der Waals surface area contributed by atoms with E-state index >= 15 is 0 Å². The number of alkyl halides is 3. The molecule has 0 amide bonds. The Morgan fingerprint density at radius 3 is 2.33 bits per heavy atom. The number of benzene rings is 3. The lowest BCUT2D eigenvalue weighted by Crippen LogP contribution is -2.35. The van der Waals surface area contributed by atoms with Gasteiger partial charge in [-0.05, 0) is 72.6 Å². The van der Waals surface area contributed by atoms with Gasteiger partial charge in [-0.1, -0.05) is 23.7 Å². The summed E-state index contributed by atoms with van der Waals surface area (Å²) in [7, 11) is 0. The van der Waals surface area contributed by atoms with Crippen LogP contribution in [-0.4, -0.2) is 35.7 Å². The highest BCUT2D eigenvalue weighted by molar-refractivity contribution is 6.30. The molecule has 1 aliphatic rings. The number of nitriles is 1. The van der Waals surface area contributed by atoms with E-state index in [1.807, 2.05) is 0 Å². The van der Waals surface area contributed by atoms with Gasteiger partial charge in [0.25, 0.3) is 0 Å². The van der Waals surface area contributed by atoms with Crippen molar-refractivity contribution in [3.05, 3.63) is 88.9 Å². The van der Waals surface area contributed by atoms with Gasteiger partial charge in [0, 0.05) is 30.4 Å². The standard InChI is InChI=1S/C26H22ClF3N4O2/c27-20-5-9-22(10-6-20)36-23-11-7-21(8-12-23)34-24(16-33(13-2-14-35)25(34)32-17-31)18-3-1-4-19(15-18)26(28,29)30/h1,3-12,15,24,35H,2,13-14,16H2. The molecular formula is C26H22ClF3N4O2. The van der Waals surface area contributed by atoms with E-state index < -0.39 is 17.8 Å². The van der Waals surface area contributed by atoms with Crippen molar-refractivity contribution in [3.63, 3.8) is 0 Å². The van der Waals surface area contributed by atoms with Crippen LogP contribution in [0.1, 0.15) is 23.6 Å². The molecular weight excluding hydrogens is 493 g/mol. The molecule has 36 heavy (non-hydrogen) atoms. The summed E-state index contributed by atoms with van der Waals surface area (Å²) in [6.07, 6.45) is -2.27. The van der Waals surface area contributed by atoms with E-state index in [2.05, 4.69) is 4.99 Å². The Labute approximate surface area is 211 Å². The molecule has 1 N–H and O–H groups in total. The minimum absolute atomic E-state index is 0.0682. The van der Waals surface area contributed by atoms with Gasteiger partial charge in [-0.2, -0.15) is 18.4 Å². The zero-order chi connectivity index (χ0) is 25.7. The van der Waals surface area contributed by atoms with Gasteiger partial charge in [-0.3, -0.25) is 0 Å². The number of aliphatic hydroxyl groups is 1. The third-order valence-electron chi connectivity index (χ3n) is 5.70. The van der Waals surface area contributed by atoms with Gasteiger partial charge >= 0.3 is 6.18 Å². The van der Waals surface area contributed by atoms with E-state index in [0.29, 0.717) is 53.2 Å². The topological polar surface area (TPSA) is 72.1 Å². The van der Waals surface area contributed by atoms with Crippen molar-refractivity contribution in [1.82, 2.24) is 4.90 Å². The molecule has 0 radical (unpaired) electrons. The quantitative estimate of drug-likeness (QED) is 0.378. The van der Waals surface area contributed by atoms with Crippen molar-refractivity contribution in [2.24, 2.45) is 4.99 Å². The summed E-state index contributed by atoms with van der Waals surface area (Å²) in [6.45, 7) is 0.618. The van der Waals surface area contributed by atoms with Crippen molar-refractivity contribution in [3.8, 4) is 17.7 Å². The Hall–Kier alpha value is -3.74. The highest BCUT2D eigenvalue weighted by Gasteiger charge is 2.39. The van der Waals surface area contributed by atoms with E-state index in [4.69, 9.17) is 16.3 Å². The number of nitrogens with zero attached hydrogens (tertiary/aromatic N) is 4. The highest BCUT2D eigenvalue weighted by atomic mass is 35.5. The molecule has 10 heteroatoms. The first-order chi connectivity index (χ1) is 17.3. The number of aliphatic hydroxyl groups excluding tert-OH is 1. The van der Waals surface area contributed by atoms with Crippen molar-refractivity contribution in [2.75, 3.05) is 24.6 Å². The Balaban J connectivity index is 1.70. The van der Waals surface area contributed by atoms with Gasteiger partial charge in [0.2, 0.25) is 12.2 Å². The van der Waals surface area contributed by atoms with Gasteiger partial charge < -0.3 is 19.6 Å². The Kier molecular flexibility index (Phi) is 7.67. The first kappa shape index (κ1) is 25.4. The number of anilines is 1. The number of aliphatic imine (C=N–C) groups is 1. The summed E-state index contributed by atoms with van der Waals surface area (Å²) in [6, 6.07) is 18.5. The first-order valence-electron chi connectivity index (χ1n) is 11.1. The molecule has 3 aromatic carbocycles. The van der Waals surface area contributed by atoms with Gasteiger partial charge in [-0.25, -0.2) is 0 Å². The molecule has 1 unspecified atom stereocenters. The van der Waals surface area contributed by atoms with Crippen LogP contribution in [0, 0.1) is 11.5 Å². The smallest absolute Gasteiger partial charge is 0.416 e. The van der Waals surface area contributed by atoms with Crippen molar-refractivity contribution in [1.29, 1.82) is 5.26 Å². The Bertz CT molecular complexity index is 1260. The molecule has 0 aliphatic carbocycles. The summed E-state index contributed by atoms with van der Waals surface area (Å²) in [5.41, 5.74) is 0.309. The molecule has 1 atom stereocenters. The lowest BCUT2D eigenvalue weighted by Gasteiger charge is -2.26. The van der Waals surface area contributed by atoms with E-state index in [-0.39, 0.29) is 6.61 Å². The Morgan fingerprint density at radius 1 is 1.06 bits per heavy atom. The van der Waals surface area contributed by atoms with Crippen LogP contribution >= 0.6 is 11.6 Å². The first-order valence-corrected chi connectivity index (χ1v) is 11.5. The predicted octanol–water partition coefficient (Wildman–Crippen LogP) is 6.23. The van der Waals surface area contributed by atoms with Crippen LogP contribution in [0.25, 0.3) is 0 Å². The van der Waals surface area contributed by atoms with Crippen LogP contribution < -0.4 is 9.64 Å². The summed E-state index contributed by atoms with van der Waals surface area (Å²) in [4.78, 5) is 7.52. The summed E-state index contributed by atoms with van der Waals surface area (Å²) < 4.78 is 46.1. The number of ether oxygens (including phenoxy) is 1. The average molecular weight is 515 g/mol. The van der Waals surface area contributed by atoms with Crippen LogP contribution in [0.5, 0.6) is 11.5 Å². The lowest BCUT2D eigenvalue weighted by atomic mass is 10.0. The van der Waals surface area contributed by atoms with Crippen LogP contribution in [0.4, 0.5) is 18.9 Å². The van der Waals surface area contributed by atoms with E-state index in [0.717, 1.165) is 12.1 Å². The molecule has 6 nitrogen and oxygen atoms in total. The van der Waals surface area contributed by atoms with Gasteiger partial charge in [0.1, 0.15) is 11.5 Å². The molecule has 0 spiro atoms. The summed E-state index contributed by atoms with van der Waals surface area (Å²) in [5, 5.41) is 19.2. The molecule has 3 aromatic rings. The minimum atomic E-state index is -4.49. The molecule has 4 rings (SSSR count). The molecule has 1 saturated heterocycles. The minimum Gasteiger partial charge on any atom is -0.457 e. The maximum Gasteiger partial charge on any atom is 0.416 e. The molecule has 1 fully saturated rings. The summed E-state index contributed by atoms with van der Waals surface area (Å²) >= 11 is 5.91. The third-order valence-corrected chi connectivity index (χ3v) is 5.95. The van der Waals surface area contributed by atoms with Crippen molar-refractivity contribution >= 4 is 23.2 Å². The van der Waals surface area contributed by atoms with Crippen molar-refractivity contribution in [2.45, 2.75) is 18.6 Å². The maximum atomic E-state index is 13.4. The number of hydrogen-bond donors (Lipinski definition) is 1. The normalized spacial score (nSPS) is 16.9. The Morgan fingerprint density at radius 2 is 1.72 bits per heavy atom. The van der Waals surface area contributed by atoms with Crippen LogP contribution in [-0.2, 0) is 6.18 Å². The van der Waals surface area contributed by atoms with Crippen LogP contribution in [0.3, 0.4) is 0 Å². The fourth-order valence-corrected chi connectivity index (χ4v) is 4.20. The zero-order valence-electron chi connectivity index (χ0n) is 19.0. The number of rotatable bonds is 7. The second kappa shape index (κ2) is 10.9. The zero-order valence-corrected chi connectivity index (χ0v) is 19.7. The second-order valence-electron chi connectivity index (χ2n) is 8.09. The van der Waals surface area contributed by atoms with Crippen LogP contribution in [0.2, 0.25) is 5.02 Å². The molecule has 186 valence electrons. The number of halogens is 4. The molecule has 0 bridgehead atoms. The summed E-state index contributed by atoms with van der Waals surface area (Å²) in [5.74, 6) is 1.45. The number of hydrogen-bond acceptors (Lipinski definition) is 4. The fraction of sp³-hybridized carbons (Fsp3) is 0.231. The van der Waals surface area contributed by atoms with E-state index in [1.165, 1.54) is 6.07 Å².